The zero-order valence-electron chi connectivity index (χ0n) is 9.19. The molecule has 1 fully saturated rings. The van der Waals surface area contributed by atoms with Gasteiger partial charge in [0.1, 0.15) is 5.72 Å². The quantitative estimate of drug-likeness (QED) is 0.800. The van der Waals surface area contributed by atoms with Crippen molar-refractivity contribution in [3.05, 3.63) is 30.1 Å². The maximum Gasteiger partial charge on any atom is 0.141 e. The van der Waals surface area contributed by atoms with Gasteiger partial charge in [0, 0.05) is 31.0 Å². The highest BCUT2D eigenvalue weighted by atomic mass is 16.3. The molecule has 0 amide bonds. The van der Waals surface area contributed by atoms with Crippen molar-refractivity contribution < 1.29 is 5.11 Å². The molecule has 1 aromatic heterocycles. The van der Waals surface area contributed by atoms with Gasteiger partial charge in [-0.25, -0.2) is 0 Å². The van der Waals surface area contributed by atoms with Crippen molar-refractivity contribution in [3.8, 4) is 0 Å². The number of piperidine rings is 1. The van der Waals surface area contributed by atoms with Crippen LogP contribution < -0.4 is 0 Å². The zero-order chi connectivity index (χ0) is 10.7. The number of pyridine rings is 1. The predicted molar refractivity (Wildman–Crippen MR) is 59.2 cm³/mol. The Morgan fingerprint density at radius 3 is 2.40 bits per heavy atom. The van der Waals surface area contributed by atoms with Crippen molar-refractivity contribution in [1.82, 2.24) is 9.88 Å². The number of likely N-dealkylation sites (tertiary alicyclic amines) is 1. The van der Waals surface area contributed by atoms with Gasteiger partial charge in [-0.05, 0) is 31.9 Å². The van der Waals surface area contributed by atoms with Gasteiger partial charge in [-0.2, -0.15) is 0 Å². The third-order valence-corrected chi connectivity index (χ3v) is 3.20. The van der Waals surface area contributed by atoms with Crippen LogP contribution >= 0.6 is 0 Å². The largest absolute Gasteiger partial charge is 0.372 e. The van der Waals surface area contributed by atoms with Crippen molar-refractivity contribution in [1.29, 1.82) is 0 Å². The van der Waals surface area contributed by atoms with E-state index in [1.54, 1.807) is 12.4 Å². The predicted octanol–water partition coefficient (Wildman–Crippen LogP) is 1.73. The second kappa shape index (κ2) is 4.29. The van der Waals surface area contributed by atoms with Gasteiger partial charge in [0.25, 0.3) is 0 Å². The SMILES string of the molecule is CC(O)(c1ccncc1)N1CCCCC1. The summed E-state index contributed by atoms with van der Waals surface area (Å²) >= 11 is 0. The highest BCUT2D eigenvalue weighted by Gasteiger charge is 2.31. The maximum atomic E-state index is 10.5. The average Bonchev–Trinajstić information content (AvgIpc) is 2.31. The summed E-state index contributed by atoms with van der Waals surface area (Å²) in [6.07, 6.45) is 7.10. The summed E-state index contributed by atoms with van der Waals surface area (Å²) in [6, 6.07) is 3.77. The van der Waals surface area contributed by atoms with Crippen molar-refractivity contribution in [3.63, 3.8) is 0 Å². The average molecular weight is 206 g/mol. The molecule has 0 saturated carbocycles. The minimum atomic E-state index is -0.844. The van der Waals surface area contributed by atoms with Crippen LogP contribution in [0.1, 0.15) is 31.7 Å². The van der Waals surface area contributed by atoms with E-state index >= 15 is 0 Å². The van der Waals surface area contributed by atoms with E-state index < -0.39 is 5.72 Å². The lowest BCUT2D eigenvalue weighted by atomic mass is 10.0. The molecule has 1 atom stereocenters. The summed E-state index contributed by atoms with van der Waals surface area (Å²) in [4.78, 5) is 6.12. The monoisotopic (exact) mass is 206 g/mol. The van der Waals surface area contributed by atoms with Crippen molar-refractivity contribution in [2.45, 2.75) is 31.9 Å². The first-order valence-corrected chi connectivity index (χ1v) is 5.59. The molecule has 1 N–H and O–H groups in total. The minimum Gasteiger partial charge on any atom is -0.372 e. The van der Waals surface area contributed by atoms with Crippen molar-refractivity contribution >= 4 is 0 Å². The zero-order valence-corrected chi connectivity index (χ0v) is 9.19. The van der Waals surface area contributed by atoms with Gasteiger partial charge in [0.2, 0.25) is 0 Å². The summed E-state index contributed by atoms with van der Waals surface area (Å²) in [5.41, 5.74) is 0.0861. The molecule has 1 unspecified atom stereocenters. The molecular weight excluding hydrogens is 188 g/mol. The molecule has 2 rings (SSSR count). The molecule has 2 heterocycles. The molecule has 1 aliphatic heterocycles. The van der Waals surface area contributed by atoms with Crippen LogP contribution in [0.15, 0.2) is 24.5 Å². The van der Waals surface area contributed by atoms with E-state index in [1.165, 1.54) is 19.3 Å². The van der Waals surface area contributed by atoms with Gasteiger partial charge in [0.15, 0.2) is 0 Å². The number of hydrogen-bond acceptors (Lipinski definition) is 3. The van der Waals surface area contributed by atoms with Crippen LogP contribution in [0.2, 0.25) is 0 Å². The molecule has 3 nitrogen and oxygen atoms in total. The number of rotatable bonds is 2. The van der Waals surface area contributed by atoms with Gasteiger partial charge >= 0.3 is 0 Å². The van der Waals surface area contributed by atoms with E-state index in [0.29, 0.717) is 0 Å². The second-order valence-electron chi connectivity index (χ2n) is 4.30. The fourth-order valence-corrected chi connectivity index (χ4v) is 2.18. The standard InChI is InChI=1S/C12H18N2O/c1-12(15,11-5-7-13-8-6-11)14-9-3-2-4-10-14/h5-8,15H,2-4,9-10H2,1H3. The molecule has 3 heteroatoms. The molecule has 1 saturated heterocycles. The Morgan fingerprint density at radius 2 is 1.80 bits per heavy atom. The first-order valence-electron chi connectivity index (χ1n) is 5.59. The molecular formula is C12H18N2O. The number of aliphatic hydroxyl groups is 1. The molecule has 0 bridgehead atoms. The minimum absolute atomic E-state index is 0.844. The first-order chi connectivity index (χ1) is 7.21. The molecule has 0 aliphatic carbocycles. The number of nitrogens with zero attached hydrogens (tertiary/aromatic N) is 2. The van der Waals surface area contributed by atoms with Crippen molar-refractivity contribution in [2.75, 3.05) is 13.1 Å². The summed E-state index contributed by atoms with van der Waals surface area (Å²) in [5.74, 6) is 0. The molecule has 0 radical (unpaired) electrons. The number of aromatic nitrogens is 1. The summed E-state index contributed by atoms with van der Waals surface area (Å²) < 4.78 is 0. The normalized spacial score (nSPS) is 22.3. The van der Waals surface area contributed by atoms with E-state index in [9.17, 15) is 5.11 Å². The smallest absolute Gasteiger partial charge is 0.141 e. The van der Waals surface area contributed by atoms with E-state index in [0.717, 1.165) is 18.7 Å². The Kier molecular flexibility index (Phi) is 3.03. The van der Waals surface area contributed by atoms with Crippen LogP contribution in [0, 0.1) is 0 Å². The first kappa shape index (κ1) is 10.6. The van der Waals surface area contributed by atoms with E-state index in [-0.39, 0.29) is 0 Å². The summed E-state index contributed by atoms with van der Waals surface area (Å²) in [5, 5.41) is 10.5. The van der Waals surface area contributed by atoms with Gasteiger partial charge in [0.05, 0.1) is 0 Å². The van der Waals surface area contributed by atoms with Crippen LogP contribution in [0.3, 0.4) is 0 Å². The van der Waals surface area contributed by atoms with Crippen LogP contribution in [0.5, 0.6) is 0 Å². The Hall–Kier alpha value is -0.930. The molecule has 0 aromatic carbocycles. The van der Waals surface area contributed by atoms with Crippen LogP contribution in [0.25, 0.3) is 0 Å². The van der Waals surface area contributed by atoms with Gasteiger partial charge < -0.3 is 5.11 Å². The fourth-order valence-electron chi connectivity index (χ4n) is 2.18. The third-order valence-electron chi connectivity index (χ3n) is 3.20. The Morgan fingerprint density at radius 1 is 1.20 bits per heavy atom. The van der Waals surface area contributed by atoms with Crippen LogP contribution in [-0.2, 0) is 5.72 Å². The highest BCUT2D eigenvalue weighted by Crippen LogP contribution is 2.27. The van der Waals surface area contributed by atoms with E-state index in [4.69, 9.17) is 0 Å². The van der Waals surface area contributed by atoms with Crippen LogP contribution in [0.4, 0.5) is 0 Å². The molecule has 1 aromatic rings. The fraction of sp³-hybridized carbons (Fsp3) is 0.583. The lowest BCUT2D eigenvalue weighted by Crippen LogP contribution is -2.46. The lowest BCUT2D eigenvalue weighted by Gasteiger charge is -2.39. The molecule has 82 valence electrons. The Bertz CT molecular complexity index is 305. The van der Waals surface area contributed by atoms with Gasteiger partial charge in [-0.15, -0.1) is 0 Å². The van der Waals surface area contributed by atoms with Crippen LogP contribution in [-0.4, -0.2) is 28.1 Å². The summed E-state index contributed by atoms with van der Waals surface area (Å²) in [6.45, 7) is 3.83. The molecule has 15 heavy (non-hydrogen) atoms. The van der Waals surface area contributed by atoms with E-state index in [1.807, 2.05) is 19.1 Å². The van der Waals surface area contributed by atoms with Gasteiger partial charge in [-0.3, -0.25) is 9.88 Å². The molecule has 1 aliphatic rings. The Balaban J connectivity index is 2.18. The molecule has 0 spiro atoms. The lowest BCUT2D eigenvalue weighted by molar-refractivity contribution is -0.108. The summed E-state index contributed by atoms with van der Waals surface area (Å²) in [7, 11) is 0. The topological polar surface area (TPSA) is 36.4 Å². The van der Waals surface area contributed by atoms with Gasteiger partial charge in [-0.1, -0.05) is 6.42 Å². The Labute approximate surface area is 90.8 Å². The number of hydrogen-bond donors (Lipinski definition) is 1. The maximum absolute atomic E-state index is 10.5. The second-order valence-corrected chi connectivity index (χ2v) is 4.30. The van der Waals surface area contributed by atoms with E-state index in [2.05, 4.69) is 9.88 Å². The van der Waals surface area contributed by atoms with Crippen molar-refractivity contribution in [2.24, 2.45) is 0 Å². The highest BCUT2D eigenvalue weighted by molar-refractivity contribution is 5.17. The third kappa shape index (κ3) is 2.19.